The van der Waals surface area contributed by atoms with Gasteiger partial charge in [-0.1, -0.05) is 13.8 Å². The number of imide groups is 1. The Morgan fingerprint density at radius 2 is 1.90 bits per heavy atom. The number of benzene rings is 1. The number of hydrogen-bond donors (Lipinski definition) is 2. The number of amides is 5. The second kappa shape index (κ2) is 10.4. The Morgan fingerprint density at radius 1 is 1.20 bits per heavy atom. The number of carbonyl (C=O) groups is 4. The minimum Gasteiger partial charge on any atom is -0.344 e. The Kier molecular flexibility index (Phi) is 7.26. The molecule has 218 valence electrons. The number of aromatic amines is 1. The summed E-state index contributed by atoms with van der Waals surface area (Å²) in [5, 5.41) is 11.1. The molecule has 2 fully saturated rings. The largest absolute Gasteiger partial charge is 0.434 e. The fraction of sp³-hybridized carbons (Fsp3) is 0.462. The number of fused-ring (bicyclic) bond motifs is 1. The third kappa shape index (κ3) is 5.13. The minimum atomic E-state index is -4.60. The first kappa shape index (κ1) is 28.5. The van der Waals surface area contributed by atoms with Crippen molar-refractivity contribution in [2.24, 2.45) is 5.92 Å². The van der Waals surface area contributed by atoms with Crippen LogP contribution in [0.5, 0.6) is 0 Å². The maximum atomic E-state index is 13.5. The number of anilines is 1. The zero-order valence-corrected chi connectivity index (χ0v) is 23.3. The van der Waals surface area contributed by atoms with E-state index < -0.39 is 35.4 Å². The SMILES string of the molecule is CC(C)[C@@H](NC(=O)Cc1nc(C(F)(F)F)cs1)C(=O)N1CCC2(CC1)C(=O)N(C)C(=O)N2c1ccc2[nH]ncc2c1. The highest BCUT2D eigenvalue weighted by atomic mass is 32.1. The zero-order valence-electron chi connectivity index (χ0n) is 22.5. The summed E-state index contributed by atoms with van der Waals surface area (Å²) in [6.45, 7) is 3.83. The van der Waals surface area contributed by atoms with Crippen LogP contribution in [0.2, 0.25) is 0 Å². The van der Waals surface area contributed by atoms with Crippen molar-refractivity contribution in [3.05, 3.63) is 40.5 Å². The molecule has 0 radical (unpaired) electrons. The summed E-state index contributed by atoms with van der Waals surface area (Å²) in [5.41, 5.74) is -0.901. The van der Waals surface area contributed by atoms with Gasteiger partial charge in [0.25, 0.3) is 5.91 Å². The summed E-state index contributed by atoms with van der Waals surface area (Å²) < 4.78 is 38.6. The van der Waals surface area contributed by atoms with E-state index in [1.165, 1.54) is 11.9 Å². The monoisotopic (exact) mass is 591 g/mol. The molecule has 2 aromatic heterocycles. The smallest absolute Gasteiger partial charge is 0.344 e. The molecule has 3 aromatic rings. The molecule has 2 saturated heterocycles. The molecule has 0 saturated carbocycles. The number of likely N-dealkylation sites (N-methyl/N-ethyl adjacent to an activating group) is 1. The Labute approximate surface area is 236 Å². The number of hydrogen-bond acceptors (Lipinski definition) is 7. The van der Waals surface area contributed by atoms with Crippen LogP contribution in [-0.2, 0) is 27.0 Å². The van der Waals surface area contributed by atoms with Crippen LogP contribution < -0.4 is 10.2 Å². The number of halogens is 3. The molecule has 0 aliphatic carbocycles. The lowest BCUT2D eigenvalue weighted by Crippen LogP contribution is -2.60. The van der Waals surface area contributed by atoms with E-state index >= 15 is 0 Å². The number of piperidine rings is 1. The quantitative estimate of drug-likeness (QED) is 0.424. The van der Waals surface area contributed by atoms with Gasteiger partial charge in [0.05, 0.1) is 18.1 Å². The van der Waals surface area contributed by atoms with Gasteiger partial charge in [0.15, 0.2) is 5.69 Å². The van der Waals surface area contributed by atoms with Crippen LogP contribution in [0.1, 0.15) is 37.4 Å². The van der Waals surface area contributed by atoms with Crippen molar-refractivity contribution in [2.45, 2.75) is 50.9 Å². The average molecular weight is 592 g/mol. The minimum absolute atomic E-state index is 0.00748. The maximum Gasteiger partial charge on any atom is 0.434 e. The maximum absolute atomic E-state index is 13.5. The van der Waals surface area contributed by atoms with Gasteiger partial charge in [-0.3, -0.25) is 29.3 Å². The fourth-order valence-corrected chi connectivity index (χ4v) is 6.18. The van der Waals surface area contributed by atoms with E-state index in [0.29, 0.717) is 5.69 Å². The van der Waals surface area contributed by atoms with Crippen LogP contribution >= 0.6 is 11.3 Å². The van der Waals surface area contributed by atoms with Crippen molar-refractivity contribution in [3.8, 4) is 0 Å². The van der Waals surface area contributed by atoms with E-state index in [1.807, 2.05) is 0 Å². The predicted molar refractivity (Wildman–Crippen MR) is 143 cm³/mol. The van der Waals surface area contributed by atoms with Gasteiger partial charge in [0.1, 0.15) is 16.6 Å². The molecule has 1 atom stereocenters. The van der Waals surface area contributed by atoms with Gasteiger partial charge in [0.2, 0.25) is 11.8 Å². The van der Waals surface area contributed by atoms with E-state index in [9.17, 15) is 32.3 Å². The number of nitrogens with one attached hydrogen (secondary N) is 2. The van der Waals surface area contributed by atoms with Crippen LogP contribution in [0, 0.1) is 5.92 Å². The number of rotatable bonds is 6. The zero-order chi connectivity index (χ0) is 29.7. The summed E-state index contributed by atoms with van der Waals surface area (Å²) in [6, 6.07) is 3.93. The summed E-state index contributed by atoms with van der Waals surface area (Å²) in [7, 11) is 1.44. The lowest BCUT2D eigenvalue weighted by Gasteiger charge is -2.43. The summed E-state index contributed by atoms with van der Waals surface area (Å²) in [6.07, 6.45) is -2.98. The molecule has 5 rings (SSSR count). The number of thiazole rings is 1. The fourth-order valence-electron chi connectivity index (χ4n) is 5.38. The lowest BCUT2D eigenvalue weighted by atomic mass is 9.85. The molecule has 2 aliphatic heterocycles. The van der Waals surface area contributed by atoms with Crippen molar-refractivity contribution in [1.29, 1.82) is 0 Å². The lowest BCUT2D eigenvalue weighted by molar-refractivity contribution is -0.141. The second-order valence-corrected chi connectivity index (χ2v) is 11.5. The first-order valence-electron chi connectivity index (χ1n) is 13.0. The van der Waals surface area contributed by atoms with Gasteiger partial charge >= 0.3 is 12.2 Å². The van der Waals surface area contributed by atoms with Crippen LogP contribution in [-0.4, -0.2) is 80.5 Å². The molecule has 15 heteroatoms. The van der Waals surface area contributed by atoms with Gasteiger partial charge in [0, 0.05) is 36.6 Å². The molecule has 2 aliphatic rings. The first-order chi connectivity index (χ1) is 19.3. The Morgan fingerprint density at radius 3 is 2.54 bits per heavy atom. The second-order valence-electron chi connectivity index (χ2n) is 10.6. The molecule has 4 heterocycles. The normalized spacial score (nSPS) is 18.2. The van der Waals surface area contributed by atoms with Gasteiger partial charge in [-0.05, 0) is 37.0 Å². The third-order valence-electron chi connectivity index (χ3n) is 7.60. The Balaban J connectivity index is 1.29. The standard InChI is InChI=1S/C26H28F3N7O4S/c1-14(2)21(32-19(37)11-20-31-18(13-41-20)26(27,28)29)22(38)35-8-6-25(7-9-35)23(39)34(3)24(40)36(25)16-4-5-17-15(10-16)12-30-33-17/h4-5,10,12-14,21H,6-9,11H2,1-3H3,(H,30,33)(H,32,37)/t21-/m1/s1. The van der Waals surface area contributed by atoms with Gasteiger partial charge in [-0.2, -0.15) is 18.3 Å². The van der Waals surface area contributed by atoms with Crippen LogP contribution in [0.4, 0.5) is 23.7 Å². The molecular formula is C26H28F3N7O4S. The van der Waals surface area contributed by atoms with Gasteiger partial charge in [-0.25, -0.2) is 9.78 Å². The topological polar surface area (TPSA) is 132 Å². The Bertz CT molecular complexity index is 1510. The molecule has 5 amide bonds. The van der Waals surface area contributed by atoms with E-state index in [-0.39, 0.29) is 55.1 Å². The van der Waals surface area contributed by atoms with Crippen molar-refractivity contribution < 1.29 is 32.3 Å². The number of alkyl halides is 3. The highest BCUT2D eigenvalue weighted by Crippen LogP contribution is 2.41. The predicted octanol–water partition coefficient (Wildman–Crippen LogP) is 3.18. The number of H-pyrrole nitrogens is 1. The highest BCUT2D eigenvalue weighted by molar-refractivity contribution is 7.09. The number of aromatic nitrogens is 3. The Hall–Kier alpha value is -4.01. The van der Waals surface area contributed by atoms with E-state index in [1.54, 1.807) is 43.1 Å². The molecule has 1 spiro atoms. The number of urea groups is 1. The molecule has 2 N–H and O–H groups in total. The number of carbonyl (C=O) groups excluding carboxylic acids is 4. The molecule has 0 bridgehead atoms. The van der Waals surface area contributed by atoms with Crippen LogP contribution in [0.25, 0.3) is 10.9 Å². The van der Waals surface area contributed by atoms with E-state index in [4.69, 9.17) is 0 Å². The highest BCUT2D eigenvalue weighted by Gasteiger charge is 2.58. The van der Waals surface area contributed by atoms with Crippen LogP contribution in [0.15, 0.2) is 29.8 Å². The first-order valence-corrected chi connectivity index (χ1v) is 13.8. The van der Waals surface area contributed by atoms with E-state index in [2.05, 4.69) is 20.5 Å². The molecule has 0 unspecified atom stereocenters. The number of nitrogens with zero attached hydrogens (tertiary/aromatic N) is 5. The number of likely N-dealkylation sites (tertiary alicyclic amines) is 1. The summed E-state index contributed by atoms with van der Waals surface area (Å²) in [4.78, 5) is 60.4. The van der Waals surface area contributed by atoms with Crippen molar-refractivity contribution in [1.82, 2.24) is 30.3 Å². The van der Waals surface area contributed by atoms with Crippen molar-refractivity contribution >= 4 is 51.7 Å². The molecular weight excluding hydrogens is 563 g/mol. The van der Waals surface area contributed by atoms with E-state index in [0.717, 1.165) is 32.5 Å². The molecule has 11 nitrogen and oxygen atoms in total. The molecule has 41 heavy (non-hydrogen) atoms. The average Bonchev–Trinajstić information content (AvgIpc) is 3.63. The van der Waals surface area contributed by atoms with Crippen molar-refractivity contribution in [2.75, 3.05) is 25.0 Å². The van der Waals surface area contributed by atoms with Gasteiger partial charge < -0.3 is 10.2 Å². The van der Waals surface area contributed by atoms with Crippen molar-refractivity contribution in [3.63, 3.8) is 0 Å². The van der Waals surface area contributed by atoms with Crippen LogP contribution in [0.3, 0.4) is 0 Å². The summed E-state index contributed by atoms with van der Waals surface area (Å²) >= 11 is 0.727. The molecule has 1 aromatic carbocycles. The summed E-state index contributed by atoms with van der Waals surface area (Å²) in [5.74, 6) is -1.65. The third-order valence-corrected chi connectivity index (χ3v) is 8.45. The van der Waals surface area contributed by atoms with Gasteiger partial charge in [-0.15, -0.1) is 11.3 Å².